The summed E-state index contributed by atoms with van der Waals surface area (Å²) in [4.78, 5) is 30.0. The van der Waals surface area contributed by atoms with Crippen molar-refractivity contribution in [1.82, 2.24) is 4.98 Å². The molecular formula is C18H20N4O2. The highest BCUT2D eigenvalue weighted by atomic mass is 16.2. The van der Waals surface area contributed by atoms with Crippen LogP contribution in [0.5, 0.6) is 0 Å². The number of nitrogens with one attached hydrogen (secondary N) is 2. The Morgan fingerprint density at radius 3 is 2.46 bits per heavy atom. The van der Waals surface area contributed by atoms with Crippen molar-refractivity contribution < 1.29 is 9.59 Å². The van der Waals surface area contributed by atoms with Crippen molar-refractivity contribution in [3.8, 4) is 0 Å². The van der Waals surface area contributed by atoms with Gasteiger partial charge in [0.2, 0.25) is 5.91 Å². The molecule has 1 aliphatic heterocycles. The second-order valence-electron chi connectivity index (χ2n) is 5.81. The van der Waals surface area contributed by atoms with Gasteiger partial charge in [-0.05, 0) is 43.2 Å². The van der Waals surface area contributed by atoms with E-state index in [9.17, 15) is 9.59 Å². The van der Waals surface area contributed by atoms with Crippen molar-refractivity contribution in [3.05, 3.63) is 48.3 Å². The minimum atomic E-state index is -0.268. The summed E-state index contributed by atoms with van der Waals surface area (Å²) in [6.07, 6.45) is 4.02. The number of hydrogen-bond acceptors (Lipinski definition) is 4. The van der Waals surface area contributed by atoms with Crippen molar-refractivity contribution in [2.45, 2.75) is 19.8 Å². The van der Waals surface area contributed by atoms with Gasteiger partial charge in [0.15, 0.2) is 0 Å². The zero-order chi connectivity index (χ0) is 16.9. The molecule has 1 saturated heterocycles. The van der Waals surface area contributed by atoms with E-state index in [-0.39, 0.29) is 11.8 Å². The molecule has 0 atom stereocenters. The molecule has 3 rings (SSSR count). The van der Waals surface area contributed by atoms with E-state index >= 15 is 0 Å². The second-order valence-corrected chi connectivity index (χ2v) is 5.81. The predicted molar refractivity (Wildman–Crippen MR) is 94.4 cm³/mol. The Balaban J connectivity index is 1.73. The fourth-order valence-corrected chi connectivity index (χ4v) is 2.79. The third-order valence-corrected chi connectivity index (χ3v) is 3.89. The first-order valence-electron chi connectivity index (χ1n) is 8.02. The topological polar surface area (TPSA) is 74.3 Å². The Morgan fingerprint density at radius 2 is 1.75 bits per heavy atom. The lowest BCUT2D eigenvalue weighted by molar-refractivity contribution is -0.114. The summed E-state index contributed by atoms with van der Waals surface area (Å²) in [7, 11) is 0. The van der Waals surface area contributed by atoms with Crippen LogP contribution < -0.4 is 15.5 Å². The Hall–Kier alpha value is -2.89. The van der Waals surface area contributed by atoms with E-state index in [1.807, 2.05) is 12.1 Å². The van der Waals surface area contributed by atoms with E-state index < -0.39 is 0 Å². The molecule has 6 nitrogen and oxygen atoms in total. The monoisotopic (exact) mass is 324 g/mol. The molecule has 24 heavy (non-hydrogen) atoms. The van der Waals surface area contributed by atoms with Crippen molar-refractivity contribution in [2.24, 2.45) is 0 Å². The van der Waals surface area contributed by atoms with E-state index in [1.54, 1.807) is 30.5 Å². The maximum absolute atomic E-state index is 12.4. The molecule has 0 aliphatic carbocycles. The van der Waals surface area contributed by atoms with Gasteiger partial charge in [-0.2, -0.15) is 0 Å². The highest BCUT2D eigenvalue weighted by Gasteiger charge is 2.15. The molecule has 0 radical (unpaired) electrons. The highest BCUT2D eigenvalue weighted by Crippen LogP contribution is 2.21. The van der Waals surface area contributed by atoms with Crippen LogP contribution in [-0.2, 0) is 4.79 Å². The standard InChI is InChI=1S/C18H20N4O2/c1-13(23)20-14-5-4-6-15(11-14)21-18(24)17-12-16(7-8-19-17)22-9-2-3-10-22/h4-8,11-12H,2-3,9-10H2,1H3,(H,20,23)(H,21,24). The van der Waals surface area contributed by atoms with E-state index in [4.69, 9.17) is 0 Å². The molecule has 2 amide bonds. The van der Waals surface area contributed by atoms with Crippen LogP contribution in [0.2, 0.25) is 0 Å². The number of anilines is 3. The lowest BCUT2D eigenvalue weighted by Crippen LogP contribution is -2.19. The Labute approximate surface area is 140 Å². The summed E-state index contributed by atoms with van der Waals surface area (Å²) >= 11 is 0. The van der Waals surface area contributed by atoms with Crippen LogP contribution >= 0.6 is 0 Å². The number of aromatic nitrogens is 1. The molecule has 1 aliphatic rings. The van der Waals surface area contributed by atoms with Gasteiger partial charge in [0.05, 0.1) is 0 Å². The van der Waals surface area contributed by atoms with Gasteiger partial charge in [0.1, 0.15) is 5.69 Å². The lowest BCUT2D eigenvalue weighted by atomic mass is 10.2. The van der Waals surface area contributed by atoms with Gasteiger partial charge < -0.3 is 15.5 Å². The van der Waals surface area contributed by atoms with Gasteiger partial charge in [-0.3, -0.25) is 14.6 Å². The molecule has 124 valence electrons. The Bertz CT molecular complexity index is 754. The first kappa shape index (κ1) is 16.0. The molecule has 0 bridgehead atoms. The summed E-state index contributed by atoms with van der Waals surface area (Å²) in [5.41, 5.74) is 2.66. The number of carbonyl (C=O) groups is 2. The molecule has 2 aromatic rings. The first-order valence-corrected chi connectivity index (χ1v) is 8.02. The zero-order valence-corrected chi connectivity index (χ0v) is 13.6. The summed E-state index contributed by atoms with van der Waals surface area (Å²) in [5.74, 6) is -0.422. The van der Waals surface area contributed by atoms with E-state index in [1.165, 1.54) is 19.8 Å². The quantitative estimate of drug-likeness (QED) is 0.907. The van der Waals surface area contributed by atoms with E-state index in [0.29, 0.717) is 17.1 Å². The van der Waals surface area contributed by atoms with Crippen LogP contribution in [0.3, 0.4) is 0 Å². The molecule has 2 N–H and O–H groups in total. The van der Waals surface area contributed by atoms with Crippen LogP contribution in [-0.4, -0.2) is 29.9 Å². The average molecular weight is 324 g/mol. The fraction of sp³-hybridized carbons (Fsp3) is 0.278. The molecule has 2 heterocycles. The molecule has 1 aromatic carbocycles. The molecular weight excluding hydrogens is 304 g/mol. The molecule has 0 spiro atoms. The van der Waals surface area contributed by atoms with Crippen molar-refractivity contribution in [1.29, 1.82) is 0 Å². The van der Waals surface area contributed by atoms with Crippen LogP contribution in [0.15, 0.2) is 42.6 Å². The molecule has 1 fully saturated rings. The number of rotatable bonds is 4. The number of benzene rings is 1. The van der Waals surface area contributed by atoms with Crippen molar-refractivity contribution in [2.75, 3.05) is 28.6 Å². The molecule has 6 heteroatoms. The number of amides is 2. The van der Waals surface area contributed by atoms with Crippen molar-refractivity contribution in [3.63, 3.8) is 0 Å². The van der Waals surface area contributed by atoms with Crippen LogP contribution in [0.4, 0.5) is 17.1 Å². The van der Waals surface area contributed by atoms with Crippen LogP contribution in [0.25, 0.3) is 0 Å². The summed E-state index contributed by atoms with van der Waals surface area (Å²) in [6, 6.07) is 10.8. The first-order chi connectivity index (χ1) is 11.6. The lowest BCUT2D eigenvalue weighted by Gasteiger charge is -2.17. The number of nitrogens with zero attached hydrogens (tertiary/aromatic N) is 2. The predicted octanol–water partition coefficient (Wildman–Crippen LogP) is 2.89. The van der Waals surface area contributed by atoms with Gasteiger partial charge in [-0.1, -0.05) is 6.07 Å². The maximum Gasteiger partial charge on any atom is 0.274 e. The average Bonchev–Trinajstić information content (AvgIpc) is 3.09. The third-order valence-electron chi connectivity index (χ3n) is 3.89. The minimum absolute atomic E-state index is 0.154. The smallest absolute Gasteiger partial charge is 0.274 e. The molecule has 1 aromatic heterocycles. The molecule has 0 unspecified atom stereocenters. The Morgan fingerprint density at radius 1 is 1.04 bits per heavy atom. The maximum atomic E-state index is 12.4. The van der Waals surface area contributed by atoms with Gasteiger partial charge >= 0.3 is 0 Å². The normalized spacial score (nSPS) is 13.6. The van der Waals surface area contributed by atoms with Crippen LogP contribution in [0, 0.1) is 0 Å². The Kier molecular flexibility index (Phi) is 4.74. The number of pyridine rings is 1. The summed E-state index contributed by atoms with van der Waals surface area (Å²) < 4.78 is 0. The van der Waals surface area contributed by atoms with Crippen molar-refractivity contribution >= 4 is 28.9 Å². The van der Waals surface area contributed by atoms with Gasteiger partial charge in [0, 0.05) is 43.3 Å². The van der Waals surface area contributed by atoms with E-state index in [0.717, 1.165) is 18.8 Å². The highest BCUT2D eigenvalue weighted by molar-refractivity contribution is 6.03. The third kappa shape index (κ3) is 3.90. The largest absolute Gasteiger partial charge is 0.371 e. The molecule has 0 saturated carbocycles. The van der Waals surface area contributed by atoms with Gasteiger partial charge in [0.25, 0.3) is 5.91 Å². The summed E-state index contributed by atoms with van der Waals surface area (Å²) in [5, 5.41) is 5.51. The van der Waals surface area contributed by atoms with Gasteiger partial charge in [-0.25, -0.2) is 0 Å². The van der Waals surface area contributed by atoms with E-state index in [2.05, 4.69) is 20.5 Å². The SMILES string of the molecule is CC(=O)Nc1cccc(NC(=O)c2cc(N3CCCC3)ccn2)c1. The fourth-order valence-electron chi connectivity index (χ4n) is 2.79. The number of hydrogen-bond donors (Lipinski definition) is 2. The van der Waals surface area contributed by atoms with Gasteiger partial charge in [-0.15, -0.1) is 0 Å². The second kappa shape index (κ2) is 7.12. The zero-order valence-electron chi connectivity index (χ0n) is 13.6. The minimum Gasteiger partial charge on any atom is -0.371 e. The summed E-state index contributed by atoms with van der Waals surface area (Å²) in [6.45, 7) is 3.48. The number of carbonyl (C=O) groups excluding carboxylic acids is 2. The van der Waals surface area contributed by atoms with Crippen LogP contribution in [0.1, 0.15) is 30.3 Å².